The second-order valence-electron chi connectivity index (χ2n) is 3.64. The number of rotatable bonds is 4. The minimum Gasteiger partial charge on any atom is -0.378 e. The fraction of sp³-hybridized carbons (Fsp3) is 0.500. The summed E-state index contributed by atoms with van der Waals surface area (Å²) < 4.78 is 9.56. The predicted molar refractivity (Wildman–Crippen MR) is 68.6 cm³/mol. The fourth-order valence-electron chi connectivity index (χ4n) is 1.41. The molecule has 0 saturated heterocycles. The van der Waals surface area contributed by atoms with Crippen LogP contribution in [-0.2, 0) is 0 Å². The summed E-state index contributed by atoms with van der Waals surface area (Å²) in [5.74, 6) is 1.10. The van der Waals surface area contributed by atoms with Gasteiger partial charge in [-0.2, -0.15) is 9.36 Å². The third kappa shape index (κ3) is 2.10. The van der Waals surface area contributed by atoms with Gasteiger partial charge in [0.25, 0.3) is 11.8 Å². The highest BCUT2D eigenvalue weighted by molar-refractivity contribution is 7.10. The van der Waals surface area contributed by atoms with Crippen molar-refractivity contribution in [3.8, 4) is 11.5 Å². The highest BCUT2D eigenvalue weighted by Gasteiger charge is 2.19. The maximum Gasteiger partial charge on any atom is 0.266 e. The Morgan fingerprint density at radius 1 is 1.47 bits per heavy atom. The number of aromatic nitrogens is 3. The third-order valence-electron chi connectivity index (χ3n) is 2.53. The highest BCUT2D eigenvalue weighted by Crippen LogP contribution is 2.33. The first-order valence-electron chi connectivity index (χ1n) is 5.36. The van der Waals surface area contributed by atoms with Crippen LogP contribution in [0.5, 0.6) is 0 Å². The zero-order valence-electron chi connectivity index (χ0n) is 10.3. The molecule has 0 aromatic carbocycles. The molecule has 0 amide bonds. The molecule has 2 aromatic heterocycles. The summed E-state index contributed by atoms with van der Waals surface area (Å²) in [7, 11) is 3.78. The first-order chi connectivity index (χ1) is 8.17. The Morgan fingerprint density at radius 2 is 2.24 bits per heavy atom. The van der Waals surface area contributed by atoms with Gasteiger partial charge in [-0.15, -0.1) is 0 Å². The van der Waals surface area contributed by atoms with Crippen LogP contribution in [0.25, 0.3) is 11.5 Å². The third-order valence-corrected chi connectivity index (χ3v) is 3.49. The van der Waals surface area contributed by atoms with Gasteiger partial charge in [0.05, 0.1) is 11.3 Å². The summed E-state index contributed by atoms with van der Waals surface area (Å²) in [6.07, 6.45) is 0. The second-order valence-corrected chi connectivity index (χ2v) is 4.41. The lowest BCUT2D eigenvalue weighted by Crippen LogP contribution is -2.16. The smallest absolute Gasteiger partial charge is 0.266 e. The molecular formula is C10H15N5OS. The van der Waals surface area contributed by atoms with E-state index in [4.69, 9.17) is 4.52 Å². The molecular weight excluding hydrogens is 238 g/mol. The van der Waals surface area contributed by atoms with Crippen LogP contribution in [-0.4, -0.2) is 35.2 Å². The maximum absolute atomic E-state index is 5.28. The number of aryl methyl sites for hydroxylation is 1. The molecule has 2 heterocycles. The lowest BCUT2D eigenvalue weighted by atomic mass is 10.2. The summed E-state index contributed by atoms with van der Waals surface area (Å²) in [6, 6.07) is 0. The van der Waals surface area contributed by atoms with Gasteiger partial charge in [-0.3, -0.25) is 0 Å². The lowest BCUT2D eigenvalue weighted by Gasteiger charge is -2.08. The van der Waals surface area contributed by atoms with E-state index in [1.54, 1.807) is 0 Å². The van der Waals surface area contributed by atoms with Crippen LogP contribution in [0.1, 0.15) is 12.6 Å². The summed E-state index contributed by atoms with van der Waals surface area (Å²) >= 11 is 1.39. The summed E-state index contributed by atoms with van der Waals surface area (Å²) in [5.41, 5.74) is 1.79. The molecule has 0 bridgehead atoms. The maximum atomic E-state index is 5.28. The van der Waals surface area contributed by atoms with Crippen LogP contribution >= 0.6 is 11.5 Å². The highest BCUT2D eigenvalue weighted by atomic mass is 32.1. The van der Waals surface area contributed by atoms with Crippen molar-refractivity contribution in [3.63, 3.8) is 0 Å². The number of hydrogen-bond donors (Lipinski definition) is 1. The van der Waals surface area contributed by atoms with E-state index >= 15 is 0 Å². The molecule has 6 nitrogen and oxygen atoms in total. The van der Waals surface area contributed by atoms with Gasteiger partial charge in [0, 0.05) is 20.6 Å². The Morgan fingerprint density at radius 3 is 2.88 bits per heavy atom. The molecule has 92 valence electrons. The molecule has 0 aliphatic carbocycles. The van der Waals surface area contributed by atoms with Crippen LogP contribution in [0.4, 0.5) is 10.9 Å². The van der Waals surface area contributed by atoms with Crippen molar-refractivity contribution < 1.29 is 4.52 Å². The van der Waals surface area contributed by atoms with E-state index in [2.05, 4.69) is 19.8 Å². The Balaban J connectivity index is 2.39. The molecule has 2 aromatic rings. The van der Waals surface area contributed by atoms with Gasteiger partial charge in [0.2, 0.25) is 0 Å². The van der Waals surface area contributed by atoms with E-state index < -0.39 is 0 Å². The number of nitrogens with zero attached hydrogens (tertiary/aromatic N) is 4. The van der Waals surface area contributed by atoms with E-state index in [0.29, 0.717) is 11.8 Å². The zero-order chi connectivity index (χ0) is 12.4. The molecule has 17 heavy (non-hydrogen) atoms. The zero-order valence-corrected chi connectivity index (χ0v) is 11.1. The van der Waals surface area contributed by atoms with Gasteiger partial charge in [-0.05, 0) is 30.5 Å². The van der Waals surface area contributed by atoms with Crippen LogP contribution in [0.3, 0.4) is 0 Å². The number of nitrogens with one attached hydrogen (secondary N) is 1. The van der Waals surface area contributed by atoms with E-state index in [0.717, 1.165) is 22.8 Å². The second kappa shape index (κ2) is 4.70. The van der Waals surface area contributed by atoms with Crippen molar-refractivity contribution in [1.82, 2.24) is 14.5 Å². The van der Waals surface area contributed by atoms with Crippen LogP contribution < -0.4 is 10.2 Å². The fourth-order valence-corrected chi connectivity index (χ4v) is 2.14. The van der Waals surface area contributed by atoms with Crippen molar-refractivity contribution in [1.29, 1.82) is 0 Å². The Bertz CT molecular complexity index is 507. The van der Waals surface area contributed by atoms with Crippen LogP contribution in [0, 0.1) is 6.92 Å². The molecule has 0 unspecified atom stereocenters. The minimum absolute atomic E-state index is 0.510. The lowest BCUT2D eigenvalue weighted by molar-refractivity contribution is 0.430. The van der Waals surface area contributed by atoms with E-state index in [1.807, 2.05) is 32.8 Å². The van der Waals surface area contributed by atoms with E-state index in [9.17, 15) is 0 Å². The summed E-state index contributed by atoms with van der Waals surface area (Å²) in [5, 5.41) is 7.97. The van der Waals surface area contributed by atoms with Gasteiger partial charge >= 0.3 is 0 Å². The first kappa shape index (κ1) is 11.8. The average molecular weight is 253 g/mol. The van der Waals surface area contributed by atoms with E-state index in [-0.39, 0.29) is 0 Å². The first-order valence-corrected chi connectivity index (χ1v) is 6.14. The van der Waals surface area contributed by atoms with E-state index in [1.165, 1.54) is 11.5 Å². The van der Waals surface area contributed by atoms with Crippen molar-refractivity contribution in [2.24, 2.45) is 0 Å². The average Bonchev–Trinajstić information content (AvgIpc) is 2.93. The molecule has 0 aliphatic rings. The molecule has 0 saturated carbocycles. The molecule has 2 rings (SSSR count). The topological polar surface area (TPSA) is 67.1 Å². The molecule has 7 heteroatoms. The Labute approximate surface area is 104 Å². The molecule has 1 N–H and O–H groups in total. The standard InChI is InChI=1S/C10H15N5OS/c1-5-15(4)10-12-8(16-13-10)7-6(2)14-17-9(7)11-3/h11H,5H2,1-4H3. The number of hydrogen-bond acceptors (Lipinski definition) is 7. The van der Waals surface area contributed by atoms with Gasteiger partial charge in [-0.25, -0.2) is 0 Å². The summed E-state index contributed by atoms with van der Waals surface area (Å²) in [6.45, 7) is 4.80. The Hall–Kier alpha value is -1.63. The SMILES string of the molecule is CCN(C)c1noc(-c2c(C)nsc2NC)n1. The van der Waals surface area contributed by atoms with Crippen molar-refractivity contribution in [2.45, 2.75) is 13.8 Å². The largest absolute Gasteiger partial charge is 0.378 e. The Kier molecular flexibility index (Phi) is 3.28. The van der Waals surface area contributed by atoms with Crippen molar-refractivity contribution in [3.05, 3.63) is 5.69 Å². The quantitative estimate of drug-likeness (QED) is 0.899. The molecule has 0 fully saturated rings. The molecule has 0 atom stereocenters. The van der Waals surface area contributed by atoms with Gasteiger partial charge < -0.3 is 14.7 Å². The van der Waals surface area contributed by atoms with Crippen molar-refractivity contribution >= 4 is 22.5 Å². The van der Waals surface area contributed by atoms with Crippen LogP contribution in [0.15, 0.2) is 4.52 Å². The van der Waals surface area contributed by atoms with Gasteiger partial charge in [-0.1, -0.05) is 0 Å². The summed E-state index contributed by atoms with van der Waals surface area (Å²) in [4.78, 5) is 6.29. The molecule has 0 spiro atoms. The van der Waals surface area contributed by atoms with Crippen molar-refractivity contribution in [2.75, 3.05) is 30.9 Å². The van der Waals surface area contributed by atoms with Gasteiger partial charge in [0.1, 0.15) is 5.00 Å². The van der Waals surface area contributed by atoms with Gasteiger partial charge in [0.15, 0.2) is 0 Å². The monoisotopic (exact) mass is 253 g/mol. The predicted octanol–water partition coefficient (Wildman–Crippen LogP) is 2.00. The number of anilines is 2. The molecule has 0 aliphatic heterocycles. The minimum atomic E-state index is 0.510. The normalized spacial score (nSPS) is 10.6. The molecule has 0 radical (unpaired) electrons. The van der Waals surface area contributed by atoms with Crippen LogP contribution in [0.2, 0.25) is 0 Å².